The molecular formula is C10H13NO3S. The maximum Gasteiger partial charge on any atom is 0.242 e. The van der Waals surface area contributed by atoms with Crippen molar-refractivity contribution in [3.8, 4) is 0 Å². The molecule has 0 fully saturated rings. The van der Waals surface area contributed by atoms with E-state index < -0.39 is 21.0 Å². The molecule has 0 bridgehead atoms. The van der Waals surface area contributed by atoms with Crippen molar-refractivity contribution in [3.05, 3.63) is 30.3 Å². The van der Waals surface area contributed by atoms with E-state index in [1.54, 1.807) is 24.3 Å². The summed E-state index contributed by atoms with van der Waals surface area (Å²) in [6.45, 7) is 1.37. The fraction of sp³-hybridized carbons (Fsp3) is 0.300. The van der Waals surface area contributed by atoms with Crippen LogP contribution in [0.5, 0.6) is 0 Å². The van der Waals surface area contributed by atoms with E-state index in [1.165, 1.54) is 6.92 Å². The topological polar surface area (TPSA) is 63.2 Å². The Labute approximate surface area is 89.2 Å². The van der Waals surface area contributed by atoms with Gasteiger partial charge in [-0.05, 0) is 19.1 Å². The molecule has 1 aromatic carbocycles. The Hall–Kier alpha value is -1.36. The summed E-state index contributed by atoms with van der Waals surface area (Å²) in [7, 11) is -3.33. The predicted octanol–water partition coefficient (Wildman–Crippen LogP) is 1.06. The largest absolute Gasteiger partial charge is 0.325 e. The molecule has 5 heteroatoms. The van der Waals surface area contributed by atoms with Gasteiger partial charge in [-0.2, -0.15) is 0 Å². The van der Waals surface area contributed by atoms with Gasteiger partial charge in [-0.25, -0.2) is 8.42 Å². The van der Waals surface area contributed by atoms with Crippen molar-refractivity contribution in [2.75, 3.05) is 11.6 Å². The minimum Gasteiger partial charge on any atom is -0.325 e. The molecule has 0 aromatic heterocycles. The van der Waals surface area contributed by atoms with Crippen molar-refractivity contribution in [2.24, 2.45) is 0 Å². The normalized spacial score (nSPS) is 13.2. The molecule has 1 atom stereocenters. The molecule has 0 aliphatic carbocycles. The molecule has 0 saturated heterocycles. The quantitative estimate of drug-likeness (QED) is 0.839. The monoisotopic (exact) mass is 227 g/mol. The van der Waals surface area contributed by atoms with Crippen LogP contribution >= 0.6 is 0 Å². The van der Waals surface area contributed by atoms with Gasteiger partial charge in [-0.1, -0.05) is 18.2 Å². The summed E-state index contributed by atoms with van der Waals surface area (Å²) in [5.41, 5.74) is 0.595. The average molecular weight is 227 g/mol. The highest BCUT2D eigenvalue weighted by Crippen LogP contribution is 2.07. The van der Waals surface area contributed by atoms with Crippen LogP contribution in [-0.4, -0.2) is 25.8 Å². The number of benzene rings is 1. The van der Waals surface area contributed by atoms with E-state index in [0.29, 0.717) is 5.69 Å². The van der Waals surface area contributed by atoms with Gasteiger partial charge in [0.1, 0.15) is 5.25 Å². The minimum absolute atomic E-state index is 0.510. The highest BCUT2D eigenvalue weighted by molar-refractivity contribution is 7.92. The van der Waals surface area contributed by atoms with Gasteiger partial charge in [-0.15, -0.1) is 0 Å². The molecule has 15 heavy (non-hydrogen) atoms. The van der Waals surface area contributed by atoms with Gasteiger partial charge in [0, 0.05) is 11.9 Å². The van der Waals surface area contributed by atoms with Crippen molar-refractivity contribution in [3.63, 3.8) is 0 Å². The summed E-state index contributed by atoms with van der Waals surface area (Å²) in [5, 5.41) is 1.50. The minimum atomic E-state index is -3.33. The van der Waals surface area contributed by atoms with Gasteiger partial charge in [0.15, 0.2) is 9.84 Å². The molecule has 1 aromatic rings. The van der Waals surface area contributed by atoms with Crippen LogP contribution in [0.25, 0.3) is 0 Å². The number of amides is 1. The fourth-order valence-corrected chi connectivity index (χ4v) is 1.41. The van der Waals surface area contributed by atoms with Gasteiger partial charge >= 0.3 is 0 Å². The van der Waals surface area contributed by atoms with Crippen molar-refractivity contribution < 1.29 is 13.2 Å². The molecule has 0 heterocycles. The Morgan fingerprint density at radius 3 is 2.27 bits per heavy atom. The molecular weight excluding hydrogens is 214 g/mol. The van der Waals surface area contributed by atoms with Crippen LogP contribution in [-0.2, 0) is 14.6 Å². The van der Waals surface area contributed by atoms with E-state index in [4.69, 9.17) is 0 Å². The predicted molar refractivity (Wildman–Crippen MR) is 59.4 cm³/mol. The Morgan fingerprint density at radius 1 is 1.27 bits per heavy atom. The zero-order chi connectivity index (χ0) is 11.5. The summed E-state index contributed by atoms with van der Waals surface area (Å²) in [5.74, 6) is -0.510. The van der Waals surface area contributed by atoms with Crippen LogP contribution in [0, 0.1) is 0 Å². The maximum absolute atomic E-state index is 11.5. The molecule has 0 radical (unpaired) electrons. The zero-order valence-electron chi connectivity index (χ0n) is 8.60. The van der Waals surface area contributed by atoms with Crippen molar-refractivity contribution in [2.45, 2.75) is 12.2 Å². The Bertz CT molecular complexity index is 439. The van der Waals surface area contributed by atoms with E-state index in [1.807, 2.05) is 6.07 Å². The van der Waals surface area contributed by atoms with Gasteiger partial charge < -0.3 is 5.32 Å². The third kappa shape index (κ3) is 3.36. The number of anilines is 1. The van der Waals surface area contributed by atoms with Crippen LogP contribution in [0.15, 0.2) is 30.3 Å². The highest BCUT2D eigenvalue weighted by atomic mass is 32.2. The number of carbonyl (C=O) groups is 1. The fourth-order valence-electron chi connectivity index (χ4n) is 0.960. The number of rotatable bonds is 3. The van der Waals surface area contributed by atoms with E-state index in [0.717, 1.165) is 6.26 Å². The molecule has 1 rings (SSSR count). The average Bonchev–Trinajstić information content (AvgIpc) is 2.16. The van der Waals surface area contributed by atoms with Crippen molar-refractivity contribution in [1.29, 1.82) is 0 Å². The molecule has 0 aliphatic rings. The number of hydrogen-bond acceptors (Lipinski definition) is 3. The first-order chi connectivity index (χ1) is 6.91. The molecule has 82 valence electrons. The molecule has 1 N–H and O–H groups in total. The van der Waals surface area contributed by atoms with Gasteiger partial charge in [-0.3, -0.25) is 4.79 Å². The van der Waals surface area contributed by atoms with Crippen molar-refractivity contribution in [1.82, 2.24) is 0 Å². The smallest absolute Gasteiger partial charge is 0.242 e. The summed E-state index contributed by atoms with van der Waals surface area (Å²) >= 11 is 0. The van der Waals surface area contributed by atoms with Gasteiger partial charge in [0.25, 0.3) is 0 Å². The van der Waals surface area contributed by atoms with E-state index in [9.17, 15) is 13.2 Å². The second kappa shape index (κ2) is 4.44. The standard InChI is InChI=1S/C10H13NO3S/c1-8(15(2,13)14)10(12)11-9-6-4-3-5-7-9/h3-8H,1-2H3,(H,11,12)/t8-/m0/s1. The second-order valence-corrected chi connectivity index (χ2v) is 5.69. The number of carbonyl (C=O) groups excluding carboxylic acids is 1. The van der Waals surface area contributed by atoms with E-state index in [-0.39, 0.29) is 0 Å². The molecule has 4 nitrogen and oxygen atoms in total. The summed E-state index contributed by atoms with van der Waals surface area (Å²) in [6.07, 6.45) is 1.04. The molecule has 0 unspecified atom stereocenters. The zero-order valence-corrected chi connectivity index (χ0v) is 9.41. The van der Waals surface area contributed by atoms with E-state index in [2.05, 4.69) is 5.32 Å². The number of sulfone groups is 1. The van der Waals surface area contributed by atoms with Crippen LogP contribution in [0.3, 0.4) is 0 Å². The van der Waals surface area contributed by atoms with Gasteiger partial charge in [0.2, 0.25) is 5.91 Å². The first-order valence-corrected chi connectivity index (χ1v) is 6.41. The maximum atomic E-state index is 11.5. The summed E-state index contributed by atoms with van der Waals surface area (Å²) in [4.78, 5) is 11.5. The SMILES string of the molecule is C[C@@H](C(=O)Nc1ccccc1)S(C)(=O)=O. The summed E-state index contributed by atoms with van der Waals surface area (Å²) < 4.78 is 22.2. The lowest BCUT2D eigenvalue weighted by Gasteiger charge is -2.09. The van der Waals surface area contributed by atoms with Crippen molar-refractivity contribution >= 4 is 21.4 Å². The first-order valence-electron chi connectivity index (χ1n) is 4.46. The third-order valence-corrected chi connectivity index (χ3v) is 3.55. The third-order valence-electron chi connectivity index (χ3n) is 2.05. The molecule has 0 saturated carbocycles. The number of nitrogens with one attached hydrogen (secondary N) is 1. The molecule has 0 spiro atoms. The van der Waals surface area contributed by atoms with Crippen LogP contribution in [0.1, 0.15) is 6.92 Å². The lowest BCUT2D eigenvalue weighted by atomic mass is 10.3. The Kier molecular flexibility index (Phi) is 3.47. The number of hydrogen-bond donors (Lipinski definition) is 1. The molecule has 1 amide bonds. The Morgan fingerprint density at radius 2 is 1.80 bits per heavy atom. The second-order valence-electron chi connectivity index (χ2n) is 3.33. The van der Waals surface area contributed by atoms with Gasteiger partial charge in [0.05, 0.1) is 0 Å². The lowest BCUT2D eigenvalue weighted by Crippen LogP contribution is -2.31. The lowest BCUT2D eigenvalue weighted by molar-refractivity contribution is -0.115. The summed E-state index contributed by atoms with van der Waals surface area (Å²) in [6, 6.07) is 8.75. The van der Waals surface area contributed by atoms with Crippen LogP contribution in [0.2, 0.25) is 0 Å². The highest BCUT2D eigenvalue weighted by Gasteiger charge is 2.23. The first kappa shape index (κ1) is 11.7. The van der Waals surface area contributed by atoms with Crippen LogP contribution in [0.4, 0.5) is 5.69 Å². The van der Waals surface area contributed by atoms with Crippen LogP contribution < -0.4 is 5.32 Å². The van der Waals surface area contributed by atoms with E-state index >= 15 is 0 Å². The number of para-hydroxylation sites is 1. The molecule has 0 aliphatic heterocycles. The Balaban J connectivity index is 2.73.